The fourth-order valence-corrected chi connectivity index (χ4v) is 3.16. The normalized spacial score (nSPS) is 19.4. The summed E-state index contributed by atoms with van der Waals surface area (Å²) in [5.74, 6) is -1.07. The van der Waals surface area contributed by atoms with E-state index in [1.807, 2.05) is 25.1 Å². The number of carbonyl (C=O) groups excluding carboxylic acids is 1. The average Bonchev–Trinajstić information content (AvgIpc) is 3.08. The maximum Gasteiger partial charge on any atom is 0.307 e. The summed E-state index contributed by atoms with van der Waals surface area (Å²) in [4.78, 5) is 27.8. The predicted molar refractivity (Wildman–Crippen MR) is 92.6 cm³/mol. The van der Waals surface area contributed by atoms with E-state index in [0.29, 0.717) is 30.2 Å². The van der Waals surface area contributed by atoms with Crippen LogP contribution in [0.25, 0.3) is 0 Å². The van der Waals surface area contributed by atoms with Crippen LogP contribution in [0.2, 0.25) is 0 Å². The molecule has 2 N–H and O–H groups in total. The van der Waals surface area contributed by atoms with E-state index in [1.165, 1.54) is 0 Å². The van der Waals surface area contributed by atoms with E-state index in [0.717, 1.165) is 12.0 Å². The van der Waals surface area contributed by atoms with Crippen LogP contribution in [0.3, 0.4) is 0 Å². The first-order valence-corrected chi connectivity index (χ1v) is 8.28. The molecule has 6 heteroatoms. The van der Waals surface area contributed by atoms with E-state index in [1.54, 1.807) is 24.4 Å². The number of ether oxygens (including phenoxy) is 1. The molecule has 6 nitrogen and oxygen atoms in total. The van der Waals surface area contributed by atoms with Crippen molar-refractivity contribution in [1.82, 2.24) is 4.98 Å². The summed E-state index contributed by atoms with van der Waals surface area (Å²) in [6.45, 7) is 1.87. The molecule has 1 aliphatic carbocycles. The highest BCUT2D eigenvalue weighted by Crippen LogP contribution is 2.33. The Hall–Kier alpha value is -2.89. The van der Waals surface area contributed by atoms with Crippen LogP contribution in [-0.4, -0.2) is 22.0 Å². The lowest BCUT2D eigenvalue weighted by atomic mass is 9.95. The van der Waals surface area contributed by atoms with Crippen LogP contribution in [-0.2, 0) is 9.59 Å². The molecule has 2 atom stereocenters. The fraction of sp³-hybridized carbons (Fsp3) is 0.316. The number of carbonyl (C=O) groups is 2. The highest BCUT2D eigenvalue weighted by Gasteiger charge is 2.37. The summed E-state index contributed by atoms with van der Waals surface area (Å²) in [6, 6.07) is 10.7. The zero-order valence-corrected chi connectivity index (χ0v) is 13.9. The molecule has 2 aromatic rings. The highest BCUT2D eigenvalue weighted by atomic mass is 16.5. The minimum atomic E-state index is -0.895. The molecule has 1 amide bonds. The number of hydrogen-bond acceptors (Lipinski definition) is 4. The van der Waals surface area contributed by atoms with Gasteiger partial charge in [0.25, 0.3) is 0 Å². The second kappa shape index (κ2) is 7.34. The summed E-state index contributed by atoms with van der Waals surface area (Å²) in [7, 11) is 0. The minimum Gasteiger partial charge on any atom is -0.481 e. The number of aryl methyl sites for hydroxylation is 1. The van der Waals surface area contributed by atoms with Crippen molar-refractivity contribution in [3.63, 3.8) is 0 Å². The maximum atomic E-state index is 12.4. The Morgan fingerprint density at radius 1 is 1.20 bits per heavy atom. The van der Waals surface area contributed by atoms with Gasteiger partial charge in [-0.1, -0.05) is 12.5 Å². The standard InChI is InChI=1S/C19H20N2O4/c1-12-11-13(25-17-7-2-3-10-20-17)8-9-16(12)21-18(22)14-5-4-6-15(14)19(23)24/h2-3,7-11,14-15H,4-6H2,1H3,(H,21,22)(H,23,24)/t14-,15+/m1/s1. The largest absolute Gasteiger partial charge is 0.481 e. The van der Waals surface area contributed by atoms with Gasteiger partial charge in [-0.25, -0.2) is 4.98 Å². The lowest BCUT2D eigenvalue weighted by Crippen LogP contribution is -2.30. The number of nitrogens with zero attached hydrogens (tertiary/aromatic N) is 1. The molecular formula is C19H20N2O4. The van der Waals surface area contributed by atoms with Crippen LogP contribution in [0, 0.1) is 18.8 Å². The van der Waals surface area contributed by atoms with Crippen molar-refractivity contribution in [3.8, 4) is 11.6 Å². The third kappa shape index (κ3) is 3.96. The lowest BCUT2D eigenvalue weighted by Gasteiger charge is -2.17. The molecule has 0 saturated heterocycles. The van der Waals surface area contributed by atoms with Crippen molar-refractivity contribution in [2.24, 2.45) is 11.8 Å². The van der Waals surface area contributed by atoms with Crippen molar-refractivity contribution < 1.29 is 19.4 Å². The van der Waals surface area contributed by atoms with E-state index in [9.17, 15) is 14.7 Å². The number of rotatable bonds is 5. The maximum absolute atomic E-state index is 12.4. The van der Waals surface area contributed by atoms with Crippen molar-refractivity contribution in [3.05, 3.63) is 48.2 Å². The Bertz CT molecular complexity index is 776. The molecule has 130 valence electrons. The number of pyridine rings is 1. The smallest absolute Gasteiger partial charge is 0.307 e. The Balaban J connectivity index is 1.69. The molecule has 3 rings (SSSR count). The molecule has 1 aromatic carbocycles. The molecule has 1 saturated carbocycles. The average molecular weight is 340 g/mol. The van der Waals surface area contributed by atoms with Crippen molar-refractivity contribution in [2.75, 3.05) is 5.32 Å². The number of carboxylic acid groups (broad SMARTS) is 1. The first kappa shape index (κ1) is 17.0. The molecule has 25 heavy (non-hydrogen) atoms. The van der Waals surface area contributed by atoms with Crippen LogP contribution >= 0.6 is 0 Å². The number of aromatic nitrogens is 1. The first-order chi connectivity index (χ1) is 12.0. The van der Waals surface area contributed by atoms with E-state index in [2.05, 4.69) is 10.3 Å². The van der Waals surface area contributed by atoms with Crippen molar-refractivity contribution in [2.45, 2.75) is 26.2 Å². The van der Waals surface area contributed by atoms with Crippen LogP contribution in [0.4, 0.5) is 5.69 Å². The summed E-state index contributed by atoms with van der Waals surface area (Å²) in [5, 5.41) is 12.1. The third-order valence-electron chi connectivity index (χ3n) is 4.49. The predicted octanol–water partition coefficient (Wildman–Crippen LogP) is 3.62. The molecule has 0 bridgehead atoms. The Morgan fingerprint density at radius 3 is 2.68 bits per heavy atom. The molecule has 0 aliphatic heterocycles. The van der Waals surface area contributed by atoms with Gasteiger partial charge in [-0.15, -0.1) is 0 Å². The molecule has 0 radical (unpaired) electrons. The van der Waals surface area contributed by atoms with Crippen LogP contribution in [0.1, 0.15) is 24.8 Å². The minimum absolute atomic E-state index is 0.230. The van der Waals surface area contributed by atoms with Gasteiger partial charge >= 0.3 is 5.97 Å². The Morgan fingerprint density at radius 2 is 2.00 bits per heavy atom. The van der Waals surface area contributed by atoms with Gasteiger partial charge in [0, 0.05) is 18.0 Å². The quantitative estimate of drug-likeness (QED) is 0.868. The summed E-state index contributed by atoms with van der Waals surface area (Å²) >= 11 is 0. The van der Waals surface area contributed by atoms with E-state index >= 15 is 0 Å². The lowest BCUT2D eigenvalue weighted by molar-refractivity contribution is -0.145. The fourth-order valence-electron chi connectivity index (χ4n) is 3.16. The van der Waals surface area contributed by atoms with Gasteiger partial charge < -0.3 is 15.2 Å². The van der Waals surface area contributed by atoms with Crippen LogP contribution < -0.4 is 10.1 Å². The number of nitrogens with one attached hydrogen (secondary N) is 1. The molecule has 0 spiro atoms. The van der Waals surface area contributed by atoms with Gasteiger partial charge in [-0.3, -0.25) is 9.59 Å². The van der Waals surface area contributed by atoms with Gasteiger partial charge in [0.15, 0.2) is 0 Å². The SMILES string of the molecule is Cc1cc(Oc2ccccn2)ccc1NC(=O)[C@@H]1CCC[C@@H]1C(=O)O. The van der Waals surface area contributed by atoms with Gasteiger partial charge in [-0.2, -0.15) is 0 Å². The number of anilines is 1. The summed E-state index contributed by atoms with van der Waals surface area (Å²) in [5.41, 5.74) is 1.50. The Kier molecular flexibility index (Phi) is 4.97. The number of benzene rings is 1. The highest BCUT2D eigenvalue weighted by molar-refractivity contribution is 5.96. The number of amides is 1. The molecule has 1 aliphatic rings. The second-order valence-electron chi connectivity index (χ2n) is 6.22. The zero-order chi connectivity index (χ0) is 17.8. The van der Waals surface area contributed by atoms with Crippen molar-refractivity contribution >= 4 is 17.6 Å². The van der Waals surface area contributed by atoms with E-state index in [-0.39, 0.29) is 5.91 Å². The van der Waals surface area contributed by atoms with Gasteiger partial charge in [0.2, 0.25) is 11.8 Å². The van der Waals surface area contributed by atoms with E-state index in [4.69, 9.17) is 4.74 Å². The molecule has 1 aromatic heterocycles. The zero-order valence-electron chi connectivity index (χ0n) is 13.9. The molecule has 1 fully saturated rings. The topological polar surface area (TPSA) is 88.5 Å². The second-order valence-corrected chi connectivity index (χ2v) is 6.22. The van der Waals surface area contributed by atoms with Gasteiger partial charge in [0.1, 0.15) is 5.75 Å². The monoisotopic (exact) mass is 340 g/mol. The molecule has 0 unspecified atom stereocenters. The van der Waals surface area contributed by atoms with Gasteiger partial charge in [-0.05, 0) is 49.6 Å². The number of carboxylic acids is 1. The van der Waals surface area contributed by atoms with Crippen LogP contribution in [0.15, 0.2) is 42.6 Å². The third-order valence-corrected chi connectivity index (χ3v) is 4.49. The van der Waals surface area contributed by atoms with Gasteiger partial charge in [0.05, 0.1) is 11.8 Å². The Labute approximate surface area is 145 Å². The first-order valence-electron chi connectivity index (χ1n) is 8.28. The molecular weight excluding hydrogens is 320 g/mol. The van der Waals surface area contributed by atoms with Crippen molar-refractivity contribution in [1.29, 1.82) is 0 Å². The number of aliphatic carboxylic acids is 1. The molecule has 1 heterocycles. The summed E-state index contributed by atoms with van der Waals surface area (Å²) < 4.78 is 5.67. The number of hydrogen-bond donors (Lipinski definition) is 2. The van der Waals surface area contributed by atoms with Crippen LogP contribution in [0.5, 0.6) is 11.6 Å². The van der Waals surface area contributed by atoms with E-state index < -0.39 is 17.8 Å². The summed E-state index contributed by atoms with van der Waals surface area (Å²) in [6.07, 6.45) is 3.59.